The highest BCUT2D eigenvalue weighted by Crippen LogP contribution is 2.32. The molecule has 0 saturated carbocycles. The number of hydrogen-bond donors (Lipinski definition) is 0. The van der Waals surface area contributed by atoms with E-state index in [0.29, 0.717) is 30.8 Å². The van der Waals surface area contributed by atoms with Gasteiger partial charge in [-0.3, -0.25) is 4.79 Å². The number of carbonyl (C=O) groups excluding carboxylic acids is 1. The predicted molar refractivity (Wildman–Crippen MR) is 116 cm³/mol. The van der Waals surface area contributed by atoms with Crippen molar-refractivity contribution in [2.24, 2.45) is 5.92 Å². The molecule has 1 saturated heterocycles. The number of aryl methyl sites for hydroxylation is 1. The van der Waals surface area contributed by atoms with E-state index in [1.807, 2.05) is 20.8 Å². The highest BCUT2D eigenvalue weighted by molar-refractivity contribution is 5.97. The van der Waals surface area contributed by atoms with E-state index in [2.05, 4.69) is 20.2 Å². The maximum atomic E-state index is 13.7. The van der Waals surface area contributed by atoms with E-state index >= 15 is 0 Å². The predicted octanol–water partition coefficient (Wildman–Crippen LogP) is 4.09. The Morgan fingerprint density at radius 2 is 1.94 bits per heavy atom. The van der Waals surface area contributed by atoms with Gasteiger partial charge in [-0.05, 0) is 43.9 Å². The van der Waals surface area contributed by atoms with Gasteiger partial charge in [0.25, 0.3) is 5.91 Å². The smallest absolute Gasteiger partial charge is 0.417 e. The largest absolute Gasteiger partial charge is 0.472 e. The molecule has 0 spiro atoms. The van der Waals surface area contributed by atoms with E-state index < -0.39 is 17.8 Å². The number of hydrogen-bond acceptors (Lipinski definition) is 6. The molecule has 1 aliphatic rings. The summed E-state index contributed by atoms with van der Waals surface area (Å²) in [5, 5.41) is 8.24. The zero-order valence-electron chi connectivity index (χ0n) is 19.0. The van der Waals surface area contributed by atoms with Gasteiger partial charge in [-0.1, -0.05) is 13.8 Å². The SMILES string of the molecule is CCC(Oc1ccc(C(F)(F)F)cn1)C1CC(C)CN1C(=O)c1ccc(C)nc1-n1nccn1. The van der Waals surface area contributed by atoms with Crippen LogP contribution in [0, 0.1) is 12.8 Å². The monoisotopic (exact) mass is 474 g/mol. The minimum absolute atomic E-state index is 0.0882. The van der Waals surface area contributed by atoms with Gasteiger partial charge >= 0.3 is 6.18 Å². The molecule has 1 aliphatic heterocycles. The topological polar surface area (TPSA) is 86.0 Å². The number of halogens is 3. The molecule has 4 rings (SSSR count). The quantitative estimate of drug-likeness (QED) is 0.535. The van der Waals surface area contributed by atoms with E-state index in [4.69, 9.17) is 4.74 Å². The Hall–Kier alpha value is -3.50. The van der Waals surface area contributed by atoms with Crippen LogP contribution in [0.3, 0.4) is 0 Å². The molecule has 1 amide bonds. The highest BCUT2D eigenvalue weighted by atomic mass is 19.4. The van der Waals surface area contributed by atoms with Crippen LogP contribution in [0.4, 0.5) is 13.2 Å². The lowest BCUT2D eigenvalue weighted by Crippen LogP contribution is -2.45. The van der Waals surface area contributed by atoms with Crippen LogP contribution in [0.1, 0.15) is 48.3 Å². The fraction of sp³-hybridized carbons (Fsp3) is 0.435. The summed E-state index contributed by atoms with van der Waals surface area (Å²) < 4.78 is 44.6. The first kappa shape index (κ1) is 23.7. The summed E-state index contributed by atoms with van der Waals surface area (Å²) in [7, 11) is 0. The third-order valence-electron chi connectivity index (χ3n) is 5.83. The van der Waals surface area contributed by atoms with Crippen LogP contribution in [0.25, 0.3) is 5.82 Å². The molecule has 0 N–H and O–H groups in total. The van der Waals surface area contributed by atoms with Crippen molar-refractivity contribution in [2.75, 3.05) is 6.54 Å². The molecule has 0 aromatic carbocycles. The number of likely N-dealkylation sites (tertiary alicyclic amines) is 1. The maximum absolute atomic E-state index is 13.7. The van der Waals surface area contributed by atoms with Crippen LogP contribution >= 0.6 is 0 Å². The molecule has 11 heteroatoms. The Morgan fingerprint density at radius 3 is 2.56 bits per heavy atom. The molecule has 1 fully saturated rings. The average Bonchev–Trinajstić information content (AvgIpc) is 3.47. The Bertz CT molecular complexity index is 1130. The molecule has 0 aliphatic carbocycles. The molecule has 3 aromatic heterocycles. The minimum atomic E-state index is -4.47. The van der Waals surface area contributed by atoms with Gasteiger partial charge in [0.15, 0.2) is 5.82 Å². The second kappa shape index (κ2) is 9.40. The molecule has 0 bridgehead atoms. The highest BCUT2D eigenvalue weighted by Gasteiger charge is 2.40. The number of pyridine rings is 2. The van der Waals surface area contributed by atoms with Crippen LogP contribution < -0.4 is 4.74 Å². The van der Waals surface area contributed by atoms with Crippen LogP contribution in [-0.2, 0) is 6.18 Å². The summed E-state index contributed by atoms with van der Waals surface area (Å²) in [6, 6.07) is 5.34. The van der Waals surface area contributed by atoms with Crippen LogP contribution in [0.5, 0.6) is 5.88 Å². The van der Waals surface area contributed by atoms with E-state index in [9.17, 15) is 18.0 Å². The van der Waals surface area contributed by atoms with Gasteiger partial charge in [-0.25, -0.2) is 9.97 Å². The first-order valence-corrected chi connectivity index (χ1v) is 11.0. The van der Waals surface area contributed by atoms with E-state index in [1.54, 1.807) is 17.0 Å². The van der Waals surface area contributed by atoms with Crippen molar-refractivity contribution in [3.05, 3.63) is 59.7 Å². The number of rotatable bonds is 6. The van der Waals surface area contributed by atoms with Gasteiger partial charge in [0.05, 0.1) is 29.6 Å². The molecule has 34 heavy (non-hydrogen) atoms. The molecule has 3 aromatic rings. The Kier molecular flexibility index (Phi) is 6.54. The summed E-state index contributed by atoms with van der Waals surface area (Å²) in [4.78, 5) is 25.0. The standard InChI is InChI=1S/C23H25F3N6O2/c1-4-19(34-20-8-6-16(12-27-20)23(24,25)26)18-11-14(2)13-31(18)22(33)17-7-5-15(3)30-21(17)32-28-9-10-29-32/h5-10,12,14,18-19H,4,11,13H2,1-3H3. The molecule has 3 unspecified atom stereocenters. The van der Waals surface area contributed by atoms with Crippen molar-refractivity contribution in [1.82, 2.24) is 29.9 Å². The summed E-state index contributed by atoms with van der Waals surface area (Å²) in [5.41, 5.74) is 0.243. The lowest BCUT2D eigenvalue weighted by Gasteiger charge is -2.31. The number of amides is 1. The molecular formula is C23H25F3N6O2. The molecule has 0 radical (unpaired) electrons. The third-order valence-corrected chi connectivity index (χ3v) is 5.83. The van der Waals surface area contributed by atoms with Gasteiger partial charge in [-0.2, -0.15) is 23.4 Å². The normalized spacial score (nSPS) is 19.3. The van der Waals surface area contributed by atoms with Gasteiger partial charge < -0.3 is 9.64 Å². The van der Waals surface area contributed by atoms with Crippen molar-refractivity contribution >= 4 is 5.91 Å². The van der Waals surface area contributed by atoms with Gasteiger partial charge in [0.1, 0.15) is 6.10 Å². The molecular weight excluding hydrogens is 449 g/mol. The van der Waals surface area contributed by atoms with Crippen molar-refractivity contribution in [2.45, 2.75) is 51.9 Å². The maximum Gasteiger partial charge on any atom is 0.417 e. The summed E-state index contributed by atoms with van der Waals surface area (Å²) in [6.07, 6.45) is 0.104. The second-order valence-corrected chi connectivity index (χ2v) is 8.46. The van der Waals surface area contributed by atoms with Crippen LogP contribution in [0.2, 0.25) is 0 Å². The van der Waals surface area contributed by atoms with Gasteiger partial charge in [0.2, 0.25) is 5.88 Å². The number of alkyl halides is 3. The van der Waals surface area contributed by atoms with Gasteiger partial charge in [-0.15, -0.1) is 4.80 Å². The number of carbonyl (C=O) groups is 1. The summed E-state index contributed by atoms with van der Waals surface area (Å²) >= 11 is 0. The van der Waals surface area contributed by atoms with E-state index in [1.165, 1.54) is 23.3 Å². The Balaban J connectivity index is 1.60. The Morgan fingerprint density at radius 1 is 1.21 bits per heavy atom. The molecule has 4 heterocycles. The number of aromatic nitrogens is 5. The minimum Gasteiger partial charge on any atom is -0.472 e. The first-order valence-electron chi connectivity index (χ1n) is 11.0. The van der Waals surface area contributed by atoms with Gasteiger partial charge in [0, 0.05) is 24.5 Å². The van der Waals surface area contributed by atoms with Crippen molar-refractivity contribution in [1.29, 1.82) is 0 Å². The molecule has 180 valence electrons. The Labute approximate surface area is 194 Å². The van der Waals surface area contributed by atoms with Crippen LogP contribution in [-0.4, -0.2) is 54.5 Å². The zero-order valence-corrected chi connectivity index (χ0v) is 19.0. The van der Waals surface area contributed by atoms with E-state index in [-0.39, 0.29) is 23.7 Å². The fourth-order valence-corrected chi connectivity index (χ4v) is 4.22. The first-order chi connectivity index (χ1) is 16.2. The fourth-order valence-electron chi connectivity index (χ4n) is 4.22. The second-order valence-electron chi connectivity index (χ2n) is 8.46. The molecule has 8 nitrogen and oxygen atoms in total. The average molecular weight is 474 g/mol. The lowest BCUT2D eigenvalue weighted by molar-refractivity contribution is -0.137. The lowest BCUT2D eigenvalue weighted by atomic mass is 10.0. The summed E-state index contributed by atoms with van der Waals surface area (Å²) in [5.74, 6) is 0.422. The van der Waals surface area contributed by atoms with Crippen molar-refractivity contribution in [3.8, 4) is 11.7 Å². The zero-order chi connectivity index (χ0) is 24.5. The number of ether oxygens (including phenoxy) is 1. The summed E-state index contributed by atoms with van der Waals surface area (Å²) in [6.45, 7) is 6.29. The number of nitrogens with zero attached hydrogens (tertiary/aromatic N) is 6. The van der Waals surface area contributed by atoms with Crippen LogP contribution in [0.15, 0.2) is 42.9 Å². The molecule has 3 atom stereocenters. The van der Waals surface area contributed by atoms with Crippen molar-refractivity contribution in [3.63, 3.8) is 0 Å². The third kappa shape index (κ3) is 4.87. The van der Waals surface area contributed by atoms with Crippen molar-refractivity contribution < 1.29 is 22.7 Å². The van der Waals surface area contributed by atoms with E-state index in [0.717, 1.165) is 18.0 Å².